The number of alkyl halides is 3. The van der Waals surface area contributed by atoms with Gasteiger partial charge in [-0.1, -0.05) is 30.3 Å². The molecule has 1 saturated carbocycles. The van der Waals surface area contributed by atoms with E-state index in [1.165, 1.54) is 0 Å². The SMILES string of the molecule is O=C1CCC(c2ccccc2)CC1CCC(F)(F)F. The molecule has 4 heteroatoms. The van der Waals surface area contributed by atoms with Crippen LogP contribution in [0.5, 0.6) is 0 Å². The fourth-order valence-electron chi connectivity index (χ4n) is 2.76. The van der Waals surface area contributed by atoms with E-state index in [1.807, 2.05) is 30.3 Å². The third-order valence-electron chi connectivity index (χ3n) is 3.81. The number of halogens is 3. The van der Waals surface area contributed by atoms with Gasteiger partial charge < -0.3 is 0 Å². The zero-order valence-electron chi connectivity index (χ0n) is 10.6. The minimum Gasteiger partial charge on any atom is -0.299 e. The second-order valence-electron chi connectivity index (χ2n) is 5.20. The van der Waals surface area contributed by atoms with Crippen molar-refractivity contribution in [3.8, 4) is 0 Å². The van der Waals surface area contributed by atoms with Crippen LogP contribution in [0.15, 0.2) is 30.3 Å². The van der Waals surface area contributed by atoms with Crippen molar-refractivity contribution in [1.82, 2.24) is 0 Å². The molecule has 1 aromatic carbocycles. The van der Waals surface area contributed by atoms with Gasteiger partial charge in [0.1, 0.15) is 5.78 Å². The quantitative estimate of drug-likeness (QED) is 0.791. The van der Waals surface area contributed by atoms with Crippen molar-refractivity contribution in [2.75, 3.05) is 0 Å². The molecule has 2 atom stereocenters. The van der Waals surface area contributed by atoms with Crippen molar-refractivity contribution in [2.24, 2.45) is 5.92 Å². The Morgan fingerprint density at radius 3 is 2.47 bits per heavy atom. The van der Waals surface area contributed by atoms with Gasteiger partial charge >= 0.3 is 6.18 Å². The second kappa shape index (κ2) is 5.76. The number of carbonyl (C=O) groups is 1. The van der Waals surface area contributed by atoms with Gasteiger partial charge in [-0.15, -0.1) is 0 Å². The lowest BCUT2D eigenvalue weighted by atomic mass is 9.75. The lowest BCUT2D eigenvalue weighted by Gasteiger charge is -2.28. The monoisotopic (exact) mass is 270 g/mol. The van der Waals surface area contributed by atoms with Crippen LogP contribution >= 0.6 is 0 Å². The molecule has 0 radical (unpaired) electrons. The summed E-state index contributed by atoms with van der Waals surface area (Å²) < 4.78 is 36.7. The molecular formula is C15H17F3O. The lowest BCUT2D eigenvalue weighted by molar-refractivity contribution is -0.141. The van der Waals surface area contributed by atoms with Crippen molar-refractivity contribution >= 4 is 5.78 Å². The molecule has 19 heavy (non-hydrogen) atoms. The molecule has 0 aliphatic heterocycles. The van der Waals surface area contributed by atoms with E-state index in [9.17, 15) is 18.0 Å². The largest absolute Gasteiger partial charge is 0.389 e. The van der Waals surface area contributed by atoms with Crippen LogP contribution < -0.4 is 0 Å². The maximum absolute atomic E-state index is 12.2. The highest BCUT2D eigenvalue weighted by Gasteiger charge is 2.34. The second-order valence-corrected chi connectivity index (χ2v) is 5.20. The Hall–Kier alpha value is -1.32. The zero-order chi connectivity index (χ0) is 13.9. The molecule has 1 aliphatic rings. The molecule has 0 spiro atoms. The first-order valence-corrected chi connectivity index (χ1v) is 6.60. The van der Waals surface area contributed by atoms with Crippen LogP contribution in [0.25, 0.3) is 0 Å². The molecule has 2 rings (SSSR count). The van der Waals surface area contributed by atoms with E-state index in [2.05, 4.69) is 0 Å². The van der Waals surface area contributed by atoms with E-state index in [-0.39, 0.29) is 18.1 Å². The molecule has 0 saturated heterocycles. The highest BCUT2D eigenvalue weighted by atomic mass is 19.4. The molecule has 0 bridgehead atoms. The zero-order valence-corrected chi connectivity index (χ0v) is 10.6. The molecule has 0 amide bonds. The van der Waals surface area contributed by atoms with Crippen molar-refractivity contribution < 1.29 is 18.0 Å². The number of benzene rings is 1. The predicted molar refractivity (Wildman–Crippen MR) is 66.8 cm³/mol. The number of ketones is 1. The minimum absolute atomic E-state index is 0.00330. The first-order chi connectivity index (χ1) is 8.96. The molecule has 104 valence electrons. The van der Waals surface area contributed by atoms with Crippen molar-refractivity contribution in [1.29, 1.82) is 0 Å². The third-order valence-corrected chi connectivity index (χ3v) is 3.81. The molecule has 0 aromatic heterocycles. The van der Waals surface area contributed by atoms with Gasteiger partial charge in [0.15, 0.2) is 0 Å². The fraction of sp³-hybridized carbons (Fsp3) is 0.533. The van der Waals surface area contributed by atoms with E-state index >= 15 is 0 Å². The molecule has 0 heterocycles. The Morgan fingerprint density at radius 2 is 1.84 bits per heavy atom. The first kappa shape index (κ1) is 14.1. The Bertz CT molecular complexity index is 425. The Morgan fingerprint density at radius 1 is 1.16 bits per heavy atom. The first-order valence-electron chi connectivity index (χ1n) is 6.60. The average Bonchev–Trinajstić information content (AvgIpc) is 2.38. The van der Waals surface area contributed by atoms with Crippen LogP contribution in [0.2, 0.25) is 0 Å². The van der Waals surface area contributed by atoms with Crippen molar-refractivity contribution in [3.63, 3.8) is 0 Å². The fourth-order valence-corrected chi connectivity index (χ4v) is 2.76. The van der Waals surface area contributed by atoms with E-state index in [0.717, 1.165) is 12.0 Å². The maximum atomic E-state index is 12.2. The topological polar surface area (TPSA) is 17.1 Å². The van der Waals surface area contributed by atoms with E-state index in [0.29, 0.717) is 12.8 Å². The average molecular weight is 270 g/mol. The molecule has 1 fully saturated rings. The summed E-state index contributed by atoms with van der Waals surface area (Å²) >= 11 is 0. The summed E-state index contributed by atoms with van der Waals surface area (Å²) in [6, 6.07) is 9.74. The van der Waals surface area contributed by atoms with Crippen LogP contribution in [-0.2, 0) is 4.79 Å². The van der Waals surface area contributed by atoms with Crippen LogP contribution in [0.1, 0.15) is 43.6 Å². The lowest BCUT2D eigenvalue weighted by Crippen LogP contribution is -2.25. The molecule has 1 nitrogen and oxygen atoms in total. The van der Waals surface area contributed by atoms with Crippen molar-refractivity contribution in [3.05, 3.63) is 35.9 Å². The van der Waals surface area contributed by atoms with Gasteiger partial charge in [-0.2, -0.15) is 13.2 Å². The number of hydrogen-bond donors (Lipinski definition) is 0. The van der Waals surface area contributed by atoms with Gasteiger partial charge in [0.2, 0.25) is 0 Å². The molecule has 1 aromatic rings. The summed E-state index contributed by atoms with van der Waals surface area (Å²) in [6.07, 6.45) is -3.37. The molecule has 1 aliphatic carbocycles. The molecule has 0 N–H and O–H groups in total. The molecule has 2 unspecified atom stereocenters. The Kier molecular flexibility index (Phi) is 4.27. The van der Waals surface area contributed by atoms with Gasteiger partial charge in [-0.25, -0.2) is 0 Å². The predicted octanol–water partition coefficient (Wildman–Crippen LogP) is 4.48. The Balaban J connectivity index is 1.98. The van der Waals surface area contributed by atoms with Gasteiger partial charge in [0.25, 0.3) is 0 Å². The van der Waals surface area contributed by atoms with Crippen LogP contribution in [0.3, 0.4) is 0 Å². The van der Waals surface area contributed by atoms with Gasteiger partial charge in [-0.05, 0) is 30.7 Å². The van der Waals surface area contributed by atoms with E-state index in [1.54, 1.807) is 0 Å². The summed E-state index contributed by atoms with van der Waals surface area (Å²) in [5.74, 6) is -0.214. The van der Waals surface area contributed by atoms with E-state index in [4.69, 9.17) is 0 Å². The number of hydrogen-bond acceptors (Lipinski definition) is 1. The highest BCUT2D eigenvalue weighted by molar-refractivity contribution is 5.82. The normalized spacial score (nSPS) is 24.5. The van der Waals surface area contributed by atoms with Gasteiger partial charge in [0.05, 0.1) is 0 Å². The Labute approximate surface area is 110 Å². The highest BCUT2D eigenvalue weighted by Crippen LogP contribution is 2.37. The summed E-state index contributed by atoms with van der Waals surface area (Å²) in [4.78, 5) is 11.7. The number of carbonyl (C=O) groups excluding carboxylic acids is 1. The molecular weight excluding hydrogens is 253 g/mol. The van der Waals surface area contributed by atoms with Crippen molar-refractivity contribution in [2.45, 2.75) is 44.2 Å². The summed E-state index contributed by atoms with van der Waals surface area (Å²) in [7, 11) is 0. The maximum Gasteiger partial charge on any atom is 0.389 e. The van der Waals surface area contributed by atoms with E-state index < -0.39 is 18.5 Å². The summed E-state index contributed by atoms with van der Waals surface area (Å²) in [6.45, 7) is 0. The van der Waals surface area contributed by atoms with Crippen LogP contribution in [0, 0.1) is 5.92 Å². The summed E-state index contributed by atoms with van der Waals surface area (Å²) in [5.41, 5.74) is 1.13. The smallest absolute Gasteiger partial charge is 0.299 e. The number of rotatable bonds is 3. The summed E-state index contributed by atoms with van der Waals surface area (Å²) in [5, 5.41) is 0. The van der Waals surface area contributed by atoms with Gasteiger partial charge in [-0.3, -0.25) is 4.79 Å². The minimum atomic E-state index is -4.17. The van der Waals surface area contributed by atoms with Gasteiger partial charge in [0, 0.05) is 18.8 Å². The van der Waals surface area contributed by atoms with Crippen LogP contribution in [-0.4, -0.2) is 12.0 Å². The standard InChI is InChI=1S/C15H17F3O/c16-15(17,18)9-8-13-10-12(6-7-14(13)19)11-4-2-1-3-5-11/h1-5,12-13H,6-10H2. The number of Topliss-reactive ketones (excluding diaryl/α,β-unsaturated/α-hetero) is 1. The van der Waals surface area contributed by atoms with Crippen LogP contribution in [0.4, 0.5) is 13.2 Å². The third kappa shape index (κ3) is 4.08.